The third-order valence-corrected chi connectivity index (χ3v) is 8.42. The Bertz CT molecular complexity index is 1500. The van der Waals surface area contributed by atoms with E-state index in [1.54, 1.807) is 42.2 Å². The van der Waals surface area contributed by atoms with E-state index < -0.39 is 23.7 Å². The average Bonchev–Trinajstić information content (AvgIpc) is 3.00. The third kappa shape index (κ3) is 4.65. The minimum atomic E-state index is -4.42. The Labute approximate surface area is 236 Å². The van der Waals surface area contributed by atoms with E-state index in [1.165, 1.54) is 6.07 Å². The summed E-state index contributed by atoms with van der Waals surface area (Å²) < 4.78 is 50.9. The third-order valence-electron chi connectivity index (χ3n) is 8.42. The SMILES string of the molecule is COc1cc2c(cc1OC)[C@@H]1[C@@H](C(=O)N3CCN(c4cccc(C(F)(F)F)c4)CC3)c3ccccc3C(=O)N1CC2. The van der Waals surface area contributed by atoms with Crippen LogP contribution in [0.3, 0.4) is 0 Å². The van der Waals surface area contributed by atoms with Gasteiger partial charge in [0.25, 0.3) is 5.91 Å². The highest BCUT2D eigenvalue weighted by molar-refractivity contribution is 6.01. The van der Waals surface area contributed by atoms with Gasteiger partial charge in [-0.3, -0.25) is 9.59 Å². The van der Waals surface area contributed by atoms with E-state index in [2.05, 4.69) is 0 Å². The van der Waals surface area contributed by atoms with Gasteiger partial charge in [0, 0.05) is 44.0 Å². The van der Waals surface area contributed by atoms with Crippen molar-refractivity contribution in [2.24, 2.45) is 0 Å². The monoisotopic (exact) mass is 565 g/mol. The van der Waals surface area contributed by atoms with E-state index in [9.17, 15) is 22.8 Å². The van der Waals surface area contributed by atoms with Gasteiger partial charge >= 0.3 is 6.18 Å². The molecule has 3 aliphatic heterocycles. The lowest BCUT2D eigenvalue weighted by atomic mass is 9.75. The van der Waals surface area contributed by atoms with Crippen molar-refractivity contribution in [3.63, 3.8) is 0 Å². The van der Waals surface area contributed by atoms with Crippen molar-refractivity contribution in [1.29, 1.82) is 0 Å². The summed E-state index contributed by atoms with van der Waals surface area (Å²) in [5, 5.41) is 0. The lowest BCUT2D eigenvalue weighted by molar-refractivity contribution is -0.137. The van der Waals surface area contributed by atoms with Crippen molar-refractivity contribution in [1.82, 2.24) is 9.80 Å². The lowest BCUT2D eigenvalue weighted by Gasteiger charge is -2.47. The van der Waals surface area contributed by atoms with Gasteiger partial charge in [-0.15, -0.1) is 0 Å². The van der Waals surface area contributed by atoms with Crippen molar-refractivity contribution in [2.45, 2.75) is 24.6 Å². The normalized spacial score (nSPS) is 20.2. The molecule has 10 heteroatoms. The van der Waals surface area contributed by atoms with Gasteiger partial charge in [-0.1, -0.05) is 24.3 Å². The Hall–Kier alpha value is -4.21. The zero-order valence-electron chi connectivity index (χ0n) is 22.8. The Balaban J connectivity index is 1.33. The smallest absolute Gasteiger partial charge is 0.416 e. The molecule has 7 nitrogen and oxygen atoms in total. The maximum atomic E-state index is 14.4. The number of piperazine rings is 1. The molecule has 214 valence electrons. The van der Waals surface area contributed by atoms with Gasteiger partial charge in [0.2, 0.25) is 5.91 Å². The number of benzene rings is 3. The predicted octanol–water partition coefficient (Wildman–Crippen LogP) is 4.91. The van der Waals surface area contributed by atoms with Gasteiger partial charge in [0.1, 0.15) is 0 Å². The first kappa shape index (κ1) is 27.0. The molecule has 3 aliphatic rings. The molecule has 1 fully saturated rings. The number of rotatable bonds is 4. The van der Waals surface area contributed by atoms with Crippen LogP contribution in [0.4, 0.5) is 18.9 Å². The van der Waals surface area contributed by atoms with Crippen molar-refractivity contribution >= 4 is 17.5 Å². The highest BCUT2D eigenvalue weighted by Crippen LogP contribution is 2.49. The van der Waals surface area contributed by atoms with Gasteiger partial charge in [-0.2, -0.15) is 13.2 Å². The first-order valence-corrected chi connectivity index (χ1v) is 13.6. The number of carbonyl (C=O) groups is 2. The summed E-state index contributed by atoms with van der Waals surface area (Å²) in [4.78, 5) is 33.4. The first-order valence-electron chi connectivity index (χ1n) is 13.6. The quantitative estimate of drug-likeness (QED) is 0.450. The molecule has 1 saturated heterocycles. The molecule has 0 unspecified atom stereocenters. The molecule has 41 heavy (non-hydrogen) atoms. The molecule has 2 amide bonds. The number of methoxy groups -OCH3 is 2. The van der Waals surface area contributed by atoms with E-state index in [0.717, 1.165) is 23.3 Å². The summed E-state index contributed by atoms with van der Waals surface area (Å²) in [6, 6.07) is 15.8. The summed E-state index contributed by atoms with van der Waals surface area (Å²) in [6.45, 7) is 1.97. The van der Waals surface area contributed by atoms with Crippen molar-refractivity contribution in [2.75, 3.05) is 51.8 Å². The number of carbonyl (C=O) groups excluding carboxylic acids is 2. The highest BCUT2D eigenvalue weighted by atomic mass is 19.4. The fourth-order valence-corrected chi connectivity index (χ4v) is 6.38. The number of nitrogens with zero attached hydrogens (tertiary/aromatic N) is 3. The number of ether oxygens (including phenoxy) is 2. The molecular formula is C31H30F3N3O4. The van der Waals surface area contributed by atoms with Crippen LogP contribution in [-0.4, -0.2) is 68.6 Å². The van der Waals surface area contributed by atoms with Gasteiger partial charge in [0.15, 0.2) is 11.5 Å². The van der Waals surface area contributed by atoms with Crippen LogP contribution in [0.2, 0.25) is 0 Å². The van der Waals surface area contributed by atoms with E-state index in [0.29, 0.717) is 67.5 Å². The summed E-state index contributed by atoms with van der Waals surface area (Å²) in [5.41, 5.74) is 2.86. The minimum absolute atomic E-state index is 0.105. The molecule has 6 rings (SSSR count). The van der Waals surface area contributed by atoms with Crippen molar-refractivity contribution in [3.8, 4) is 11.5 Å². The van der Waals surface area contributed by atoms with Crippen LogP contribution in [0.5, 0.6) is 11.5 Å². The largest absolute Gasteiger partial charge is 0.493 e. The van der Waals surface area contributed by atoms with Gasteiger partial charge in [-0.25, -0.2) is 0 Å². The Kier molecular flexibility index (Phi) is 6.79. The fraction of sp³-hybridized carbons (Fsp3) is 0.355. The molecule has 3 aromatic carbocycles. The number of fused-ring (bicyclic) bond motifs is 4. The summed E-state index contributed by atoms with van der Waals surface area (Å²) >= 11 is 0. The molecule has 0 N–H and O–H groups in total. The van der Waals surface area contributed by atoms with Crippen LogP contribution in [-0.2, 0) is 17.4 Å². The van der Waals surface area contributed by atoms with Crippen LogP contribution in [0.1, 0.15) is 44.6 Å². The Morgan fingerprint density at radius 1 is 0.854 bits per heavy atom. The maximum absolute atomic E-state index is 14.4. The van der Waals surface area contributed by atoms with Crippen LogP contribution in [0.25, 0.3) is 0 Å². The van der Waals surface area contributed by atoms with Crippen LogP contribution in [0, 0.1) is 0 Å². The molecule has 0 spiro atoms. The van der Waals surface area contributed by atoms with E-state index in [-0.39, 0.29) is 11.8 Å². The second-order valence-corrected chi connectivity index (χ2v) is 10.5. The Morgan fingerprint density at radius 2 is 1.56 bits per heavy atom. The van der Waals surface area contributed by atoms with Crippen LogP contribution >= 0.6 is 0 Å². The predicted molar refractivity (Wildman–Crippen MR) is 146 cm³/mol. The van der Waals surface area contributed by atoms with Gasteiger partial charge in [0.05, 0.1) is 31.7 Å². The van der Waals surface area contributed by atoms with Gasteiger partial charge < -0.3 is 24.2 Å². The van der Waals surface area contributed by atoms with E-state index >= 15 is 0 Å². The molecule has 0 bridgehead atoms. The maximum Gasteiger partial charge on any atom is 0.416 e. The summed E-state index contributed by atoms with van der Waals surface area (Å²) in [5.74, 6) is 0.271. The molecule has 3 heterocycles. The summed E-state index contributed by atoms with van der Waals surface area (Å²) in [7, 11) is 3.13. The van der Waals surface area contributed by atoms with E-state index in [4.69, 9.17) is 9.47 Å². The molecule has 2 atom stereocenters. The standard InChI is InChI=1S/C31H30F3N3O4/c1-40-25-16-19-10-11-37-28(24(19)18-26(25)41-2)27(22-8-3-4-9-23(22)29(37)38)30(39)36-14-12-35(13-15-36)21-7-5-6-20(17-21)31(32,33)34/h3-9,16-18,27-28H,10-15H2,1-2H3/t27-,28+/m0/s1. The highest BCUT2D eigenvalue weighted by Gasteiger charge is 2.48. The minimum Gasteiger partial charge on any atom is -0.493 e. The molecule has 3 aromatic rings. The molecular weight excluding hydrogens is 535 g/mol. The number of hydrogen-bond donors (Lipinski definition) is 0. The fourth-order valence-electron chi connectivity index (χ4n) is 6.38. The topological polar surface area (TPSA) is 62.3 Å². The summed E-state index contributed by atoms with van der Waals surface area (Å²) in [6.07, 6.45) is -3.80. The van der Waals surface area contributed by atoms with Crippen LogP contribution < -0.4 is 14.4 Å². The molecule has 0 aromatic heterocycles. The van der Waals surface area contributed by atoms with Crippen molar-refractivity contribution < 1.29 is 32.2 Å². The second kappa shape index (κ2) is 10.3. The number of anilines is 1. The number of halogens is 3. The second-order valence-electron chi connectivity index (χ2n) is 10.5. The number of amides is 2. The zero-order chi connectivity index (χ0) is 28.9. The Morgan fingerprint density at radius 3 is 2.27 bits per heavy atom. The lowest BCUT2D eigenvalue weighted by Crippen LogP contribution is -2.54. The van der Waals surface area contributed by atoms with Crippen molar-refractivity contribution in [3.05, 3.63) is 88.5 Å². The zero-order valence-corrected chi connectivity index (χ0v) is 22.8. The molecule has 0 saturated carbocycles. The molecule has 0 radical (unpaired) electrons. The number of alkyl halides is 3. The average molecular weight is 566 g/mol. The molecule has 0 aliphatic carbocycles. The van der Waals surface area contributed by atoms with Gasteiger partial charge in [-0.05, 0) is 59.5 Å². The van der Waals surface area contributed by atoms with E-state index in [1.807, 2.05) is 29.2 Å². The first-order chi connectivity index (χ1) is 19.7. The number of hydrogen-bond acceptors (Lipinski definition) is 5. The van der Waals surface area contributed by atoms with Crippen LogP contribution in [0.15, 0.2) is 60.7 Å².